The molecule has 1 aliphatic rings. The molecule has 0 aromatic heterocycles. The number of hydrogen-bond donors (Lipinski definition) is 2. The summed E-state index contributed by atoms with van der Waals surface area (Å²) in [5, 5.41) is 6.00. The first-order valence-electron chi connectivity index (χ1n) is 8.02. The lowest BCUT2D eigenvalue weighted by molar-refractivity contribution is -0.138. The van der Waals surface area contributed by atoms with Crippen LogP contribution in [0.1, 0.15) is 12.0 Å². The first-order chi connectivity index (χ1) is 11.2. The van der Waals surface area contributed by atoms with E-state index in [1.807, 2.05) is 30.3 Å². The van der Waals surface area contributed by atoms with E-state index in [9.17, 15) is 9.59 Å². The van der Waals surface area contributed by atoms with Crippen molar-refractivity contribution < 1.29 is 14.3 Å². The molecule has 2 rings (SSSR count). The molecule has 1 aromatic carbocycles. The van der Waals surface area contributed by atoms with Crippen molar-refractivity contribution in [2.24, 2.45) is 0 Å². The van der Waals surface area contributed by atoms with Crippen LogP contribution >= 0.6 is 0 Å². The van der Waals surface area contributed by atoms with Gasteiger partial charge in [0.1, 0.15) is 0 Å². The zero-order valence-corrected chi connectivity index (χ0v) is 13.6. The highest BCUT2D eigenvalue weighted by Crippen LogP contribution is 2.05. The quantitative estimate of drug-likeness (QED) is 0.717. The Morgan fingerprint density at radius 1 is 1.39 bits per heavy atom. The average molecular weight is 319 g/mol. The molecule has 23 heavy (non-hydrogen) atoms. The Balaban J connectivity index is 1.72. The molecule has 1 saturated heterocycles. The lowest BCUT2D eigenvalue weighted by Crippen LogP contribution is -2.56. The number of rotatable bonds is 8. The SMILES string of the molecule is COCCN1CCNC(CC(=O)NCCc2ccccc2)C1=O. The summed E-state index contributed by atoms with van der Waals surface area (Å²) >= 11 is 0. The second-order valence-corrected chi connectivity index (χ2v) is 5.61. The van der Waals surface area contributed by atoms with E-state index in [0.717, 1.165) is 6.42 Å². The minimum Gasteiger partial charge on any atom is -0.383 e. The Morgan fingerprint density at radius 3 is 2.91 bits per heavy atom. The molecule has 1 heterocycles. The molecule has 1 aromatic rings. The fraction of sp³-hybridized carbons (Fsp3) is 0.529. The van der Waals surface area contributed by atoms with Gasteiger partial charge >= 0.3 is 0 Å². The third kappa shape index (κ3) is 5.65. The fourth-order valence-electron chi connectivity index (χ4n) is 2.62. The Kier molecular flexibility index (Phi) is 7.03. The Bertz CT molecular complexity index is 507. The van der Waals surface area contributed by atoms with Crippen molar-refractivity contribution in [3.8, 4) is 0 Å². The molecule has 6 heteroatoms. The standard InChI is InChI=1S/C17H25N3O3/c1-23-12-11-20-10-9-18-15(17(20)22)13-16(21)19-8-7-14-5-3-2-4-6-14/h2-6,15,18H,7-13H2,1H3,(H,19,21). The predicted molar refractivity (Wildman–Crippen MR) is 88.0 cm³/mol. The highest BCUT2D eigenvalue weighted by molar-refractivity contribution is 5.88. The Morgan fingerprint density at radius 2 is 2.17 bits per heavy atom. The van der Waals surface area contributed by atoms with Crippen molar-refractivity contribution in [1.29, 1.82) is 0 Å². The highest BCUT2D eigenvalue weighted by atomic mass is 16.5. The van der Waals surface area contributed by atoms with Gasteiger partial charge < -0.3 is 20.3 Å². The van der Waals surface area contributed by atoms with Gasteiger partial charge in [0.25, 0.3) is 0 Å². The number of amides is 2. The van der Waals surface area contributed by atoms with Gasteiger partial charge in [0.15, 0.2) is 0 Å². The Hall–Kier alpha value is -1.92. The molecular weight excluding hydrogens is 294 g/mol. The molecule has 1 unspecified atom stereocenters. The number of piperazine rings is 1. The first-order valence-corrected chi connectivity index (χ1v) is 8.02. The molecule has 6 nitrogen and oxygen atoms in total. The van der Waals surface area contributed by atoms with Crippen LogP contribution in [0.3, 0.4) is 0 Å². The normalized spacial score (nSPS) is 18.0. The van der Waals surface area contributed by atoms with Crippen LogP contribution in [0.15, 0.2) is 30.3 Å². The molecule has 1 fully saturated rings. The van der Waals surface area contributed by atoms with Crippen molar-refractivity contribution in [1.82, 2.24) is 15.5 Å². The number of nitrogens with one attached hydrogen (secondary N) is 2. The van der Waals surface area contributed by atoms with E-state index in [2.05, 4.69) is 10.6 Å². The molecule has 2 amide bonds. The van der Waals surface area contributed by atoms with Crippen LogP contribution in [0.4, 0.5) is 0 Å². The van der Waals surface area contributed by atoms with Crippen LogP contribution < -0.4 is 10.6 Å². The minimum absolute atomic E-state index is 0.0218. The first kappa shape index (κ1) is 17.4. The summed E-state index contributed by atoms with van der Waals surface area (Å²) in [6.07, 6.45) is 0.968. The summed E-state index contributed by atoms with van der Waals surface area (Å²) in [5.74, 6) is -0.119. The number of hydrogen-bond acceptors (Lipinski definition) is 4. The summed E-state index contributed by atoms with van der Waals surface area (Å²) in [5.41, 5.74) is 1.19. The third-order valence-electron chi connectivity index (χ3n) is 3.92. The average Bonchev–Trinajstić information content (AvgIpc) is 2.57. The van der Waals surface area contributed by atoms with E-state index in [1.54, 1.807) is 12.0 Å². The summed E-state index contributed by atoms with van der Waals surface area (Å²) < 4.78 is 5.01. The number of methoxy groups -OCH3 is 1. The second kappa shape index (κ2) is 9.27. The summed E-state index contributed by atoms with van der Waals surface area (Å²) in [6.45, 7) is 3.04. The molecule has 0 saturated carbocycles. The van der Waals surface area contributed by atoms with Crippen LogP contribution in [0, 0.1) is 0 Å². The maximum Gasteiger partial charge on any atom is 0.240 e. The highest BCUT2D eigenvalue weighted by Gasteiger charge is 2.29. The molecule has 1 atom stereocenters. The minimum atomic E-state index is -0.433. The van der Waals surface area contributed by atoms with E-state index in [-0.39, 0.29) is 18.2 Å². The van der Waals surface area contributed by atoms with Crippen LogP contribution in [0.5, 0.6) is 0 Å². The van der Waals surface area contributed by atoms with Crippen molar-refractivity contribution in [2.45, 2.75) is 18.9 Å². The number of benzene rings is 1. The summed E-state index contributed by atoms with van der Waals surface area (Å²) in [4.78, 5) is 26.1. The fourth-order valence-corrected chi connectivity index (χ4v) is 2.62. The van der Waals surface area contributed by atoms with Crippen molar-refractivity contribution >= 4 is 11.8 Å². The summed E-state index contributed by atoms with van der Waals surface area (Å²) in [7, 11) is 1.62. The van der Waals surface area contributed by atoms with Gasteiger partial charge in [0.2, 0.25) is 11.8 Å². The van der Waals surface area contributed by atoms with Gasteiger partial charge in [-0.15, -0.1) is 0 Å². The van der Waals surface area contributed by atoms with Gasteiger partial charge in [-0.1, -0.05) is 30.3 Å². The van der Waals surface area contributed by atoms with Gasteiger partial charge in [-0.05, 0) is 12.0 Å². The van der Waals surface area contributed by atoms with Crippen molar-refractivity contribution in [3.05, 3.63) is 35.9 Å². The topological polar surface area (TPSA) is 70.7 Å². The van der Waals surface area contributed by atoms with E-state index < -0.39 is 6.04 Å². The van der Waals surface area contributed by atoms with E-state index in [0.29, 0.717) is 32.8 Å². The molecule has 2 N–H and O–H groups in total. The van der Waals surface area contributed by atoms with Crippen molar-refractivity contribution in [3.63, 3.8) is 0 Å². The largest absolute Gasteiger partial charge is 0.383 e. The van der Waals surface area contributed by atoms with Gasteiger partial charge in [0, 0.05) is 33.3 Å². The van der Waals surface area contributed by atoms with Crippen molar-refractivity contribution in [2.75, 3.05) is 39.9 Å². The third-order valence-corrected chi connectivity index (χ3v) is 3.92. The van der Waals surface area contributed by atoms with Crippen LogP contribution in [0.2, 0.25) is 0 Å². The molecule has 0 radical (unpaired) electrons. The maximum absolute atomic E-state index is 12.3. The summed E-state index contributed by atoms with van der Waals surface area (Å²) in [6, 6.07) is 9.57. The van der Waals surface area contributed by atoms with Gasteiger partial charge in [0.05, 0.1) is 19.1 Å². The van der Waals surface area contributed by atoms with Gasteiger partial charge in [-0.3, -0.25) is 9.59 Å². The number of carbonyl (C=O) groups excluding carboxylic acids is 2. The smallest absolute Gasteiger partial charge is 0.240 e. The van der Waals surface area contributed by atoms with Gasteiger partial charge in [-0.2, -0.15) is 0 Å². The molecule has 0 spiro atoms. The molecule has 0 bridgehead atoms. The zero-order chi connectivity index (χ0) is 16.5. The van der Waals surface area contributed by atoms with Crippen LogP contribution in [0.25, 0.3) is 0 Å². The predicted octanol–water partition coefficient (Wildman–Crippen LogP) is 0.182. The van der Waals surface area contributed by atoms with Gasteiger partial charge in [-0.25, -0.2) is 0 Å². The Labute approximate surface area is 137 Å². The van der Waals surface area contributed by atoms with E-state index >= 15 is 0 Å². The lowest BCUT2D eigenvalue weighted by Gasteiger charge is -2.32. The molecule has 0 aliphatic carbocycles. The molecule has 1 aliphatic heterocycles. The lowest BCUT2D eigenvalue weighted by atomic mass is 10.1. The number of ether oxygens (including phenoxy) is 1. The monoisotopic (exact) mass is 319 g/mol. The van der Waals surface area contributed by atoms with E-state index in [1.165, 1.54) is 5.56 Å². The number of carbonyl (C=O) groups is 2. The van der Waals surface area contributed by atoms with Crippen LogP contribution in [-0.2, 0) is 20.7 Å². The molecular formula is C17H25N3O3. The maximum atomic E-state index is 12.3. The second-order valence-electron chi connectivity index (χ2n) is 5.61. The number of nitrogens with zero attached hydrogens (tertiary/aromatic N) is 1. The molecule has 126 valence electrons. The van der Waals surface area contributed by atoms with E-state index in [4.69, 9.17) is 4.74 Å². The van der Waals surface area contributed by atoms with Crippen LogP contribution in [-0.4, -0.2) is 62.7 Å². The zero-order valence-electron chi connectivity index (χ0n) is 13.6.